The maximum Gasteiger partial charge on any atom is 0.294 e. The van der Waals surface area contributed by atoms with Gasteiger partial charge in [0.25, 0.3) is 5.56 Å². The molecule has 1 aromatic carbocycles. The van der Waals surface area contributed by atoms with Gasteiger partial charge in [-0.15, -0.1) is 11.3 Å². The van der Waals surface area contributed by atoms with E-state index in [4.69, 9.17) is 0 Å². The van der Waals surface area contributed by atoms with Crippen molar-refractivity contribution in [2.24, 2.45) is 0 Å². The normalized spacial score (nSPS) is 11.3. The lowest BCUT2D eigenvalue weighted by atomic mass is 10.2. The topological polar surface area (TPSA) is 76.9 Å². The molecule has 0 aliphatic rings. The number of halogens is 1. The van der Waals surface area contributed by atoms with Crippen molar-refractivity contribution >= 4 is 27.5 Å². The molecule has 0 aliphatic carbocycles. The summed E-state index contributed by atoms with van der Waals surface area (Å²) in [5.74, 6) is -0.589. The van der Waals surface area contributed by atoms with Crippen molar-refractivity contribution in [1.29, 1.82) is 0 Å². The van der Waals surface area contributed by atoms with E-state index < -0.39 is 11.5 Å². The van der Waals surface area contributed by atoms with Crippen LogP contribution < -0.4 is 10.9 Å². The Balaban J connectivity index is 1.80. The molecule has 26 heavy (non-hydrogen) atoms. The summed E-state index contributed by atoms with van der Waals surface area (Å²) in [5, 5.41) is 7.70. The van der Waals surface area contributed by atoms with Gasteiger partial charge in [0.15, 0.2) is 5.52 Å². The summed E-state index contributed by atoms with van der Waals surface area (Å²) < 4.78 is 15.5. The monoisotopic (exact) mass is 374 g/mol. The Morgan fingerprint density at radius 3 is 2.77 bits per heavy atom. The number of fused-ring (bicyclic) bond motifs is 1. The quantitative estimate of drug-likeness (QED) is 0.745. The van der Waals surface area contributed by atoms with Gasteiger partial charge in [0.1, 0.15) is 12.4 Å². The Bertz CT molecular complexity index is 1030. The minimum atomic E-state index is -0.416. The van der Waals surface area contributed by atoms with E-state index in [9.17, 15) is 14.0 Å². The van der Waals surface area contributed by atoms with E-state index in [1.165, 1.54) is 17.4 Å². The fourth-order valence-electron chi connectivity index (χ4n) is 2.50. The number of carbonyl (C=O) groups excluding carboxylic acids is 1. The van der Waals surface area contributed by atoms with Gasteiger partial charge in [-0.25, -0.2) is 14.1 Å². The van der Waals surface area contributed by atoms with Gasteiger partial charge in [-0.1, -0.05) is 32.0 Å². The molecule has 0 fully saturated rings. The molecule has 1 N–H and O–H groups in total. The van der Waals surface area contributed by atoms with E-state index in [0.717, 1.165) is 14.4 Å². The van der Waals surface area contributed by atoms with Crippen LogP contribution in [0.1, 0.15) is 36.0 Å². The number of aryl methyl sites for hydroxylation is 1. The second-order valence-corrected chi connectivity index (χ2v) is 7.33. The third-order valence-electron chi connectivity index (χ3n) is 3.90. The number of carbonyl (C=O) groups is 1. The third kappa shape index (κ3) is 3.65. The highest BCUT2D eigenvalue weighted by molar-refractivity contribution is 7.18. The summed E-state index contributed by atoms with van der Waals surface area (Å²) in [6, 6.07) is 6.21. The zero-order chi connectivity index (χ0) is 18.8. The zero-order valence-electron chi connectivity index (χ0n) is 14.7. The molecule has 0 aliphatic heterocycles. The smallest absolute Gasteiger partial charge is 0.294 e. The molecule has 2 heterocycles. The Morgan fingerprint density at radius 2 is 2.08 bits per heavy atom. The van der Waals surface area contributed by atoms with Gasteiger partial charge in [-0.2, -0.15) is 5.10 Å². The first-order valence-corrected chi connectivity index (χ1v) is 9.06. The third-order valence-corrected chi connectivity index (χ3v) is 5.37. The summed E-state index contributed by atoms with van der Waals surface area (Å²) in [4.78, 5) is 29.2. The average molecular weight is 374 g/mol. The minimum absolute atomic E-state index is 0.0513. The highest BCUT2D eigenvalue weighted by Gasteiger charge is 2.17. The number of hydrogen-bond acceptors (Lipinski definition) is 5. The molecule has 0 spiro atoms. The van der Waals surface area contributed by atoms with Crippen LogP contribution in [0.25, 0.3) is 10.2 Å². The van der Waals surface area contributed by atoms with E-state index in [1.807, 2.05) is 13.8 Å². The molecular weight excluding hydrogens is 355 g/mol. The predicted molar refractivity (Wildman–Crippen MR) is 98.7 cm³/mol. The molecule has 0 saturated carbocycles. The van der Waals surface area contributed by atoms with Crippen LogP contribution in [0.15, 0.2) is 29.1 Å². The summed E-state index contributed by atoms with van der Waals surface area (Å²) in [6.45, 7) is 5.62. The standard InChI is InChI=1S/C18H19FN4O2S/c1-10(2)17-21-15-16(26-17)11(3)22-23(18(15)25)9-14(24)20-8-12-6-4-5-7-13(12)19/h4-7,10H,8-9H2,1-3H3,(H,20,24). The molecule has 0 saturated heterocycles. The first kappa shape index (κ1) is 18.2. The van der Waals surface area contributed by atoms with E-state index in [-0.39, 0.29) is 24.8 Å². The summed E-state index contributed by atoms with van der Waals surface area (Å²) in [5.41, 5.74) is 0.989. The van der Waals surface area contributed by atoms with Crippen molar-refractivity contribution in [1.82, 2.24) is 20.1 Å². The van der Waals surface area contributed by atoms with E-state index in [2.05, 4.69) is 15.4 Å². The first-order chi connectivity index (χ1) is 12.4. The number of nitrogens with zero attached hydrogens (tertiary/aromatic N) is 3. The van der Waals surface area contributed by atoms with Gasteiger partial charge in [0, 0.05) is 18.0 Å². The molecule has 8 heteroatoms. The molecule has 136 valence electrons. The van der Waals surface area contributed by atoms with Crippen LogP contribution in [0, 0.1) is 12.7 Å². The molecule has 3 aromatic rings. The molecule has 3 rings (SSSR count). The van der Waals surface area contributed by atoms with Gasteiger partial charge in [-0.05, 0) is 13.0 Å². The lowest BCUT2D eigenvalue weighted by molar-refractivity contribution is -0.122. The first-order valence-electron chi connectivity index (χ1n) is 8.25. The van der Waals surface area contributed by atoms with E-state index in [1.54, 1.807) is 25.1 Å². The lowest BCUT2D eigenvalue weighted by Gasteiger charge is -2.08. The number of aromatic nitrogens is 3. The molecule has 6 nitrogen and oxygen atoms in total. The Hall–Kier alpha value is -2.61. The highest BCUT2D eigenvalue weighted by atomic mass is 32.1. The maximum atomic E-state index is 13.6. The molecule has 2 aromatic heterocycles. The maximum absolute atomic E-state index is 13.6. The Labute approximate surface area is 153 Å². The predicted octanol–water partition coefficient (Wildman–Crippen LogP) is 2.74. The largest absolute Gasteiger partial charge is 0.350 e. The van der Waals surface area contributed by atoms with E-state index in [0.29, 0.717) is 16.8 Å². The molecular formula is C18H19FN4O2S. The van der Waals surface area contributed by atoms with Gasteiger partial charge in [0.2, 0.25) is 5.91 Å². The summed E-state index contributed by atoms with van der Waals surface area (Å²) >= 11 is 1.45. The van der Waals surface area contributed by atoms with Crippen LogP contribution in [-0.4, -0.2) is 20.7 Å². The fraction of sp³-hybridized carbons (Fsp3) is 0.333. The van der Waals surface area contributed by atoms with Crippen molar-refractivity contribution in [3.05, 3.63) is 56.7 Å². The molecule has 0 atom stereocenters. The Morgan fingerprint density at radius 1 is 1.35 bits per heavy atom. The number of rotatable bonds is 5. The number of amides is 1. The Kier molecular flexibility index (Phi) is 5.13. The number of nitrogens with one attached hydrogen (secondary N) is 1. The van der Waals surface area contributed by atoms with Crippen molar-refractivity contribution in [2.75, 3.05) is 0 Å². The van der Waals surface area contributed by atoms with Gasteiger partial charge < -0.3 is 5.32 Å². The van der Waals surface area contributed by atoms with Crippen LogP contribution >= 0.6 is 11.3 Å². The number of hydrogen-bond donors (Lipinski definition) is 1. The van der Waals surface area contributed by atoms with Crippen LogP contribution in [0.5, 0.6) is 0 Å². The summed E-state index contributed by atoms with van der Waals surface area (Å²) in [7, 11) is 0. The zero-order valence-corrected chi connectivity index (χ0v) is 15.6. The van der Waals surface area contributed by atoms with Crippen LogP contribution in [0.4, 0.5) is 4.39 Å². The lowest BCUT2D eigenvalue weighted by Crippen LogP contribution is -2.34. The molecule has 1 amide bonds. The van der Waals surface area contributed by atoms with Crippen LogP contribution in [0.3, 0.4) is 0 Å². The molecule has 0 unspecified atom stereocenters. The van der Waals surface area contributed by atoms with Gasteiger partial charge in [0.05, 0.1) is 15.4 Å². The van der Waals surface area contributed by atoms with Crippen LogP contribution in [0.2, 0.25) is 0 Å². The van der Waals surface area contributed by atoms with Gasteiger partial charge in [-0.3, -0.25) is 9.59 Å². The van der Waals surface area contributed by atoms with Crippen molar-refractivity contribution in [3.8, 4) is 0 Å². The van der Waals surface area contributed by atoms with Gasteiger partial charge >= 0.3 is 0 Å². The molecule has 0 radical (unpaired) electrons. The fourth-order valence-corrected chi connectivity index (χ4v) is 3.50. The second kappa shape index (κ2) is 7.33. The van der Waals surface area contributed by atoms with E-state index >= 15 is 0 Å². The summed E-state index contributed by atoms with van der Waals surface area (Å²) in [6.07, 6.45) is 0. The minimum Gasteiger partial charge on any atom is -0.350 e. The highest BCUT2D eigenvalue weighted by Crippen LogP contribution is 2.26. The number of thiazole rings is 1. The second-order valence-electron chi connectivity index (χ2n) is 6.30. The average Bonchev–Trinajstić information content (AvgIpc) is 3.05. The SMILES string of the molecule is Cc1nn(CC(=O)NCc2ccccc2F)c(=O)c2nc(C(C)C)sc12. The molecule has 0 bridgehead atoms. The number of benzene rings is 1. The van der Waals surface area contributed by atoms with Crippen LogP contribution in [-0.2, 0) is 17.9 Å². The van der Waals surface area contributed by atoms with Crippen molar-refractivity contribution < 1.29 is 9.18 Å². The van der Waals surface area contributed by atoms with Crippen molar-refractivity contribution in [2.45, 2.75) is 39.8 Å². The van der Waals surface area contributed by atoms with Crippen molar-refractivity contribution in [3.63, 3.8) is 0 Å².